The summed E-state index contributed by atoms with van der Waals surface area (Å²) in [6.07, 6.45) is 2.37. The van der Waals surface area contributed by atoms with Gasteiger partial charge < -0.3 is 10.4 Å². The Labute approximate surface area is 112 Å². The summed E-state index contributed by atoms with van der Waals surface area (Å²) in [5.41, 5.74) is 0.454. The number of urea groups is 1. The third kappa shape index (κ3) is 3.84. The quantitative estimate of drug-likeness (QED) is 0.801. The van der Waals surface area contributed by atoms with Gasteiger partial charge in [0, 0.05) is 13.1 Å². The van der Waals surface area contributed by atoms with E-state index in [1.165, 1.54) is 18.0 Å². The Morgan fingerprint density at radius 3 is 2.68 bits per heavy atom. The summed E-state index contributed by atoms with van der Waals surface area (Å²) in [6.45, 7) is 5.46. The van der Waals surface area contributed by atoms with E-state index in [-0.39, 0.29) is 17.6 Å². The highest BCUT2D eigenvalue weighted by molar-refractivity contribution is 6.01. The third-order valence-electron chi connectivity index (χ3n) is 2.69. The van der Waals surface area contributed by atoms with Crippen LogP contribution in [0.3, 0.4) is 0 Å². The molecule has 1 aromatic carbocycles. The summed E-state index contributed by atoms with van der Waals surface area (Å²) in [4.78, 5) is 24.4. The Morgan fingerprint density at radius 1 is 1.47 bits per heavy atom. The highest BCUT2D eigenvalue weighted by Gasteiger charge is 2.18. The van der Waals surface area contributed by atoms with Gasteiger partial charge in [0.1, 0.15) is 0 Å². The number of aromatic carboxylic acids is 1. The number of para-hydroxylation sites is 1. The predicted octanol–water partition coefficient (Wildman–Crippen LogP) is 2.50. The number of rotatable bonds is 5. The highest BCUT2D eigenvalue weighted by atomic mass is 16.4. The molecule has 1 rings (SSSR count). The zero-order chi connectivity index (χ0) is 14.4. The van der Waals surface area contributed by atoms with E-state index in [1.54, 1.807) is 24.3 Å². The van der Waals surface area contributed by atoms with Gasteiger partial charge in [0.05, 0.1) is 11.3 Å². The standard InChI is InChI=1S/C14H18N2O3/c1-4-7-10(2)15-14(19)16(3)12-9-6-5-8-11(12)13(17)18/h4-6,8-10H,1,7H2,2-3H3,(H,15,19)(H,17,18). The van der Waals surface area contributed by atoms with Crippen LogP contribution in [0.15, 0.2) is 36.9 Å². The fraction of sp³-hybridized carbons (Fsp3) is 0.286. The van der Waals surface area contributed by atoms with Crippen molar-refractivity contribution in [2.24, 2.45) is 0 Å². The summed E-state index contributed by atoms with van der Waals surface area (Å²) in [5.74, 6) is -1.06. The molecule has 0 aliphatic rings. The summed E-state index contributed by atoms with van der Waals surface area (Å²) < 4.78 is 0. The molecule has 0 saturated heterocycles. The van der Waals surface area contributed by atoms with Gasteiger partial charge >= 0.3 is 12.0 Å². The van der Waals surface area contributed by atoms with E-state index >= 15 is 0 Å². The molecule has 1 unspecified atom stereocenters. The number of nitrogens with one attached hydrogen (secondary N) is 1. The van der Waals surface area contributed by atoms with E-state index in [4.69, 9.17) is 5.11 Å². The first-order valence-corrected chi connectivity index (χ1v) is 5.94. The Bertz CT molecular complexity index is 485. The second-order valence-electron chi connectivity index (χ2n) is 4.26. The largest absolute Gasteiger partial charge is 0.478 e. The van der Waals surface area contributed by atoms with E-state index in [0.717, 1.165) is 0 Å². The van der Waals surface area contributed by atoms with Gasteiger partial charge in [0.2, 0.25) is 0 Å². The monoisotopic (exact) mass is 262 g/mol. The third-order valence-corrected chi connectivity index (χ3v) is 2.69. The van der Waals surface area contributed by atoms with Gasteiger partial charge in [-0.3, -0.25) is 4.90 Å². The lowest BCUT2D eigenvalue weighted by Crippen LogP contribution is -2.42. The second-order valence-corrected chi connectivity index (χ2v) is 4.26. The SMILES string of the molecule is C=CCC(C)NC(=O)N(C)c1ccccc1C(=O)O. The first kappa shape index (κ1) is 14.8. The first-order valence-electron chi connectivity index (χ1n) is 5.94. The minimum Gasteiger partial charge on any atom is -0.478 e. The van der Waals surface area contributed by atoms with Crippen LogP contribution in [0, 0.1) is 0 Å². The van der Waals surface area contributed by atoms with Gasteiger partial charge in [-0.15, -0.1) is 6.58 Å². The Kier molecular flexibility index (Phi) is 5.11. The van der Waals surface area contributed by atoms with Crippen LogP contribution in [0.5, 0.6) is 0 Å². The molecule has 0 aliphatic carbocycles. The topological polar surface area (TPSA) is 69.6 Å². The molecule has 1 atom stereocenters. The highest BCUT2D eigenvalue weighted by Crippen LogP contribution is 2.19. The molecule has 1 aromatic rings. The maximum atomic E-state index is 12.0. The van der Waals surface area contributed by atoms with E-state index in [0.29, 0.717) is 12.1 Å². The van der Waals surface area contributed by atoms with Crippen LogP contribution in [0.2, 0.25) is 0 Å². The summed E-state index contributed by atoms with van der Waals surface area (Å²) in [6, 6.07) is 5.99. The van der Waals surface area contributed by atoms with Gasteiger partial charge in [0.25, 0.3) is 0 Å². The minimum atomic E-state index is -1.06. The van der Waals surface area contributed by atoms with Crippen molar-refractivity contribution >= 4 is 17.7 Å². The van der Waals surface area contributed by atoms with Gasteiger partial charge in [-0.25, -0.2) is 9.59 Å². The summed E-state index contributed by atoms with van der Waals surface area (Å²) in [7, 11) is 1.54. The number of hydrogen-bond acceptors (Lipinski definition) is 2. The normalized spacial score (nSPS) is 11.5. The van der Waals surface area contributed by atoms with E-state index in [9.17, 15) is 9.59 Å². The first-order chi connectivity index (χ1) is 8.97. The number of anilines is 1. The Hall–Kier alpha value is -2.30. The van der Waals surface area contributed by atoms with Crippen LogP contribution in [-0.2, 0) is 0 Å². The molecule has 2 amide bonds. The number of carbonyl (C=O) groups is 2. The fourth-order valence-corrected chi connectivity index (χ4v) is 1.67. The van der Waals surface area contributed by atoms with Crippen molar-refractivity contribution in [2.75, 3.05) is 11.9 Å². The number of carboxylic acid groups (broad SMARTS) is 1. The fourth-order valence-electron chi connectivity index (χ4n) is 1.67. The molecule has 5 heteroatoms. The number of carboxylic acids is 1. The van der Waals surface area contributed by atoms with Crippen molar-refractivity contribution in [2.45, 2.75) is 19.4 Å². The number of hydrogen-bond donors (Lipinski definition) is 2. The van der Waals surface area contributed by atoms with Crippen molar-refractivity contribution < 1.29 is 14.7 Å². The molecule has 0 fully saturated rings. The van der Waals surface area contributed by atoms with Crippen LogP contribution in [-0.4, -0.2) is 30.2 Å². The molecule has 0 aliphatic heterocycles. The minimum absolute atomic E-state index is 0.0514. The van der Waals surface area contributed by atoms with E-state index in [2.05, 4.69) is 11.9 Å². The number of benzene rings is 1. The van der Waals surface area contributed by atoms with Crippen LogP contribution in [0.1, 0.15) is 23.7 Å². The molecule has 19 heavy (non-hydrogen) atoms. The molecule has 0 heterocycles. The molecule has 0 saturated carbocycles. The van der Waals surface area contributed by atoms with Crippen LogP contribution in [0.4, 0.5) is 10.5 Å². The average Bonchev–Trinajstić information content (AvgIpc) is 2.37. The van der Waals surface area contributed by atoms with Gasteiger partial charge in [0.15, 0.2) is 0 Å². The van der Waals surface area contributed by atoms with Gasteiger partial charge in [-0.2, -0.15) is 0 Å². The Morgan fingerprint density at radius 2 is 2.11 bits per heavy atom. The maximum Gasteiger partial charge on any atom is 0.337 e. The van der Waals surface area contributed by atoms with E-state index in [1.807, 2.05) is 6.92 Å². The Balaban J connectivity index is 2.88. The zero-order valence-electron chi connectivity index (χ0n) is 11.1. The van der Waals surface area contributed by atoms with Crippen molar-refractivity contribution in [3.8, 4) is 0 Å². The van der Waals surface area contributed by atoms with Crippen molar-refractivity contribution in [3.05, 3.63) is 42.5 Å². The molecule has 0 aromatic heterocycles. The molecule has 0 radical (unpaired) electrons. The van der Waals surface area contributed by atoms with Crippen molar-refractivity contribution in [3.63, 3.8) is 0 Å². The van der Waals surface area contributed by atoms with Crippen LogP contribution < -0.4 is 10.2 Å². The number of carbonyl (C=O) groups excluding carboxylic acids is 1. The molecule has 5 nitrogen and oxygen atoms in total. The summed E-state index contributed by atoms with van der Waals surface area (Å²) >= 11 is 0. The molecular weight excluding hydrogens is 244 g/mol. The lowest BCUT2D eigenvalue weighted by molar-refractivity contribution is 0.0697. The number of amides is 2. The van der Waals surface area contributed by atoms with Crippen LogP contribution >= 0.6 is 0 Å². The molecule has 2 N–H and O–H groups in total. The molecule has 0 bridgehead atoms. The smallest absolute Gasteiger partial charge is 0.337 e. The van der Waals surface area contributed by atoms with E-state index < -0.39 is 5.97 Å². The zero-order valence-corrected chi connectivity index (χ0v) is 11.1. The molecular formula is C14H18N2O3. The lowest BCUT2D eigenvalue weighted by Gasteiger charge is -2.22. The van der Waals surface area contributed by atoms with Crippen molar-refractivity contribution in [1.82, 2.24) is 5.32 Å². The van der Waals surface area contributed by atoms with Gasteiger partial charge in [-0.05, 0) is 25.5 Å². The van der Waals surface area contributed by atoms with Gasteiger partial charge in [-0.1, -0.05) is 18.2 Å². The number of nitrogens with zero attached hydrogens (tertiary/aromatic N) is 1. The predicted molar refractivity (Wildman–Crippen MR) is 74.6 cm³/mol. The van der Waals surface area contributed by atoms with Crippen molar-refractivity contribution in [1.29, 1.82) is 0 Å². The lowest BCUT2D eigenvalue weighted by atomic mass is 10.1. The maximum absolute atomic E-state index is 12.0. The molecule has 0 spiro atoms. The van der Waals surface area contributed by atoms with Crippen LogP contribution in [0.25, 0.3) is 0 Å². The average molecular weight is 262 g/mol. The molecule has 102 valence electrons. The summed E-state index contributed by atoms with van der Waals surface area (Å²) in [5, 5.41) is 11.9. The second kappa shape index (κ2) is 6.58.